The highest BCUT2D eigenvalue weighted by Crippen LogP contribution is 2.48. The smallest absolute Gasteiger partial charge is 0.319 e. The number of nitrogens with zero attached hydrogens (tertiary/aromatic N) is 7. The van der Waals surface area contributed by atoms with E-state index >= 15 is 8.78 Å². The number of ether oxygens (including phenoxy) is 3. The number of aromatic nitrogens is 3. The second kappa shape index (κ2) is 12.8. The van der Waals surface area contributed by atoms with E-state index < -0.39 is 17.7 Å². The fourth-order valence-corrected chi connectivity index (χ4v) is 8.98. The number of β-amino-alcohol motifs (C(OH)–C–C–N with tert-alkyl or cyclic N) is 1. The zero-order valence-corrected chi connectivity index (χ0v) is 28.2. The van der Waals surface area contributed by atoms with Crippen LogP contribution in [0.25, 0.3) is 32.2 Å². The van der Waals surface area contributed by atoms with Crippen LogP contribution in [0, 0.1) is 23.0 Å². The standard InChI is InChI=1S/C34H38F2N8O4S/c1-17(43-5-7-46-8-6-43)14-48-34-40-30-27(33(41-34)44-19-3-4-20(44)13-42(12-19)11-18(2)45)23-16-47-15-22(23)25(28(30)36)29-26-21(9-37)32(38)49-31(26)24(35)10-39-29/h10,17-20,45H,3-8,11-16,38H2,1-2H3/t17-,18+,19?,20?/m0/s1. The van der Waals surface area contributed by atoms with E-state index in [-0.39, 0.29) is 74.8 Å². The summed E-state index contributed by atoms with van der Waals surface area (Å²) in [5.41, 5.74) is 7.80. The highest BCUT2D eigenvalue weighted by Gasteiger charge is 2.43. The minimum Gasteiger partial charge on any atom is -0.462 e. The second-order valence-electron chi connectivity index (χ2n) is 13.5. The third-order valence-corrected chi connectivity index (χ3v) is 11.3. The first kappa shape index (κ1) is 32.4. The number of hydrogen-bond acceptors (Lipinski definition) is 13. The maximum atomic E-state index is 17.4. The van der Waals surface area contributed by atoms with Gasteiger partial charge in [-0.2, -0.15) is 15.2 Å². The third-order valence-electron chi connectivity index (χ3n) is 10.2. The van der Waals surface area contributed by atoms with Crippen molar-refractivity contribution in [1.82, 2.24) is 24.8 Å². The van der Waals surface area contributed by atoms with Crippen LogP contribution in [0.15, 0.2) is 6.20 Å². The number of aliphatic hydroxyl groups is 1. The summed E-state index contributed by atoms with van der Waals surface area (Å²) in [6.07, 6.45) is 2.46. The average molecular weight is 693 g/mol. The molecule has 15 heteroatoms. The number of nitriles is 1. The Kier molecular flexibility index (Phi) is 8.49. The topological polar surface area (TPSA) is 146 Å². The van der Waals surface area contributed by atoms with E-state index in [0.717, 1.165) is 62.1 Å². The number of halogens is 2. The SMILES string of the molecule is C[C@@H](O)CN1CC2CCC(C1)N2c1nc(OC[C@H](C)N2CCOCC2)nc2c(F)c(-c3ncc(F)c4sc(N)c(C#N)c34)c3c(c12)COC3. The molecule has 4 aliphatic heterocycles. The first-order chi connectivity index (χ1) is 23.7. The summed E-state index contributed by atoms with van der Waals surface area (Å²) in [5.74, 6) is -0.695. The molecule has 49 heavy (non-hydrogen) atoms. The molecule has 3 saturated heterocycles. The van der Waals surface area contributed by atoms with Gasteiger partial charge >= 0.3 is 6.01 Å². The van der Waals surface area contributed by atoms with E-state index in [2.05, 4.69) is 32.7 Å². The molecule has 3 N–H and O–H groups in total. The van der Waals surface area contributed by atoms with E-state index in [0.29, 0.717) is 43.1 Å². The molecule has 4 aromatic rings. The summed E-state index contributed by atoms with van der Waals surface area (Å²) >= 11 is 0.940. The predicted molar refractivity (Wildman–Crippen MR) is 180 cm³/mol. The highest BCUT2D eigenvalue weighted by molar-refractivity contribution is 7.23. The third kappa shape index (κ3) is 5.55. The second-order valence-corrected chi connectivity index (χ2v) is 14.5. The molecule has 4 aliphatic rings. The molecular formula is C34H38F2N8O4S. The fourth-order valence-electron chi connectivity index (χ4n) is 8.06. The molecule has 0 amide bonds. The van der Waals surface area contributed by atoms with Crippen molar-refractivity contribution in [3.63, 3.8) is 0 Å². The zero-order chi connectivity index (χ0) is 34.0. The summed E-state index contributed by atoms with van der Waals surface area (Å²) in [5, 5.41) is 21.0. The molecule has 0 radical (unpaired) electrons. The van der Waals surface area contributed by atoms with Gasteiger partial charge in [0.05, 0.1) is 60.1 Å². The molecule has 1 aromatic carbocycles. The van der Waals surface area contributed by atoms with Gasteiger partial charge in [0, 0.05) is 61.8 Å². The van der Waals surface area contributed by atoms with E-state index in [4.69, 9.17) is 29.9 Å². The van der Waals surface area contributed by atoms with Gasteiger partial charge < -0.3 is 30.0 Å². The Labute approximate surface area is 286 Å². The normalized spacial score (nSPS) is 22.5. The van der Waals surface area contributed by atoms with Crippen molar-refractivity contribution in [1.29, 1.82) is 5.26 Å². The van der Waals surface area contributed by atoms with Gasteiger partial charge in [-0.25, -0.2) is 8.78 Å². The van der Waals surface area contributed by atoms with Gasteiger partial charge in [-0.05, 0) is 37.8 Å². The van der Waals surface area contributed by atoms with Gasteiger partial charge in [-0.15, -0.1) is 11.3 Å². The molecule has 258 valence electrons. The van der Waals surface area contributed by atoms with Crippen molar-refractivity contribution < 1.29 is 28.1 Å². The molecule has 4 atom stereocenters. The van der Waals surface area contributed by atoms with Gasteiger partial charge in [0.2, 0.25) is 0 Å². The lowest BCUT2D eigenvalue weighted by molar-refractivity contribution is 0.00975. The highest BCUT2D eigenvalue weighted by atomic mass is 32.1. The molecule has 7 heterocycles. The number of anilines is 2. The number of rotatable bonds is 8. The van der Waals surface area contributed by atoms with Crippen LogP contribution in [0.1, 0.15) is 43.4 Å². The Morgan fingerprint density at radius 2 is 1.84 bits per heavy atom. The van der Waals surface area contributed by atoms with Crippen LogP contribution in [0.4, 0.5) is 19.6 Å². The number of fused-ring (bicyclic) bond motifs is 6. The first-order valence-corrected chi connectivity index (χ1v) is 17.6. The number of nitrogen functional groups attached to an aromatic ring is 1. The minimum absolute atomic E-state index is 0.0471. The summed E-state index contributed by atoms with van der Waals surface area (Å²) in [6.45, 7) is 9.40. The van der Waals surface area contributed by atoms with Gasteiger partial charge in [0.15, 0.2) is 11.6 Å². The number of morpholine rings is 1. The number of pyridine rings is 1. The summed E-state index contributed by atoms with van der Waals surface area (Å²) in [6, 6.07) is 2.38. The van der Waals surface area contributed by atoms with E-state index in [1.165, 1.54) is 0 Å². The van der Waals surface area contributed by atoms with Crippen LogP contribution in [0.2, 0.25) is 0 Å². The lowest BCUT2D eigenvalue weighted by Crippen LogP contribution is -2.55. The molecule has 2 unspecified atom stereocenters. The molecule has 12 nitrogen and oxygen atoms in total. The van der Waals surface area contributed by atoms with Crippen molar-refractivity contribution in [2.24, 2.45) is 0 Å². The Bertz CT molecular complexity index is 1970. The number of thiophene rings is 1. The maximum absolute atomic E-state index is 17.4. The molecule has 3 fully saturated rings. The van der Waals surface area contributed by atoms with Crippen LogP contribution in [0.5, 0.6) is 6.01 Å². The van der Waals surface area contributed by atoms with Crippen LogP contribution in [-0.4, -0.2) is 107 Å². The Hall–Kier alpha value is -3.78. The van der Waals surface area contributed by atoms with Crippen LogP contribution < -0.4 is 15.4 Å². The van der Waals surface area contributed by atoms with Crippen molar-refractivity contribution in [2.75, 3.05) is 63.2 Å². The van der Waals surface area contributed by atoms with Crippen molar-refractivity contribution in [3.05, 3.63) is 34.5 Å². The Morgan fingerprint density at radius 3 is 2.55 bits per heavy atom. The summed E-state index contributed by atoms with van der Waals surface area (Å²) in [4.78, 5) is 20.9. The van der Waals surface area contributed by atoms with E-state index in [9.17, 15) is 10.4 Å². The van der Waals surface area contributed by atoms with Crippen molar-refractivity contribution in [3.8, 4) is 23.3 Å². The van der Waals surface area contributed by atoms with Crippen LogP contribution in [0.3, 0.4) is 0 Å². The van der Waals surface area contributed by atoms with Crippen molar-refractivity contribution >= 4 is 43.1 Å². The van der Waals surface area contributed by atoms with Crippen molar-refractivity contribution in [2.45, 2.75) is 64.1 Å². The fraction of sp³-hybridized carbons (Fsp3) is 0.529. The number of likely N-dealkylation sites (tertiary alicyclic amines) is 1. The molecule has 8 rings (SSSR count). The molecule has 2 bridgehead atoms. The molecule has 0 spiro atoms. The minimum atomic E-state index is -0.664. The Balaban J connectivity index is 1.30. The average Bonchev–Trinajstić information content (AvgIpc) is 3.78. The number of nitrogens with two attached hydrogens (primary N) is 1. The lowest BCUT2D eigenvalue weighted by Gasteiger charge is -2.42. The van der Waals surface area contributed by atoms with E-state index in [1.807, 2.05) is 0 Å². The van der Waals surface area contributed by atoms with E-state index in [1.54, 1.807) is 6.92 Å². The number of benzene rings is 1. The molecule has 0 saturated carbocycles. The van der Waals surface area contributed by atoms with Gasteiger partial charge in [0.25, 0.3) is 0 Å². The first-order valence-electron chi connectivity index (χ1n) is 16.8. The molecular weight excluding hydrogens is 654 g/mol. The van der Waals surface area contributed by atoms with Gasteiger partial charge in [0.1, 0.15) is 29.0 Å². The molecule has 3 aromatic heterocycles. The zero-order valence-electron chi connectivity index (χ0n) is 27.4. The van der Waals surface area contributed by atoms with Crippen LogP contribution in [-0.2, 0) is 22.7 Å². The van der Waals surface area contributed by atoms with Gasteiger partial charge in [-0.1, -0.05) is 0 Å². The van der Waals surface area contributed by atoms with Crippen LogP contribution >= 0.6 is 11.3 Å². The van der Waals surface area contributed by atoms with Gasteiger partial charge in [-0.3, -0.25) is 14.8 Å². The summed E-state index contributed by atoms with van der Waals surface area (Å²) < 4.78 is 50.3. The Morgan fingerprint density at radius 1 is 1.10 bits per heavy atom. The predicted octanol–water partition coefficient (Wildman–Crippen LogP) is 3.80. The quantitative estimate of drug-likeness (QED) is 0.277. The lowest BCUT2D eigenvalue weighted by atomic mass is 9.93. The largest absolute Gasteiger partial charge is 0.462 e. The molecule has 0 aliphatic carbocycles. The monoisotopic (exact) mass is 692 g/mol. The maximum Gasteiger partial charge on any atom is 0.319 e. The summed E-state index contributed by atoms with van der Waals surface area (Å²) in [7, 11) is 0. The number of piperazine rings is 1. The number of hydrogen-bond donors (Lipinski definition) is 2. The number of aliphatic hydroxyl groups excluding tert-OH is 1.